The number of halogens is 1. The zero-order chi connectivity index (χ0) is 19.5. The van der Waals surface area contributed by atoms with Crippen LogP contribution in [-0.4, -0.2) is 9.97 Å². The molecule has 3 nitrogen and oxygen atoms in total. The van der Waals surface area contributed by atoms with Crippen LogP contribution >= 0.6 is 0 Å². The quantitative estimate of drug-likeness (QED) is 0.461. The zero-order valence-corrected chi connectivity index (χ0v) is 15.9. The summed E-state index contributed by atoms with van der Waals surface area (Å²) < 4.78 is 19.1. The molecule has 140 valence electrons. The van der Waals surface area contributed by atoms with E-state index in [2.05, 4.69) is 11.1 Å². The molecule has 1 heterocycles. The fourth-order valence-corrected chi connectivity index (χ4v) is 3.18. The van der Waals surface area contributed by atoms with Gasteiger partial charge in [-0.3, -0.25) is 0 Å². The number of aromatic nitrogens is 2. The van der Waals surface area contributed by atoms with Crippen molar-refractivity contribution < 1.29 is 9.13 Å². The van der Waals surface area contributed by atoms with Crippen LogP contribution in [0.4, 0.5) is 4.39 Å². The summed E-state index contributed by atoms with van der Waals surface area (Å²) in [7, 11) is 0. The highest BCUT2D eigenvalue weighted by atomic mass is 19.1. The van der Waals surface area contributed by atoms with E-state index in [0.717, 1.165) is 45.2 Å². The Bertz CT molecular complexity index is 1090. The Morgan fingerprint density at radius 3 is 2.32 bits per heavy atom. The average molecular weight is 372 g/mol. The molecule has 0 aliphatic rings. The first-order valence-electron chi connectivity index (χ1n) is 9.20. The number of benzene rings is 3. The van der Waals surface area contributed by atoms with Crippen molar-refractivity contribution in [3.05, 3.63) is 95.4 Å². The van der Waals surface area contributed by atoms with E-state index in [-0.39, 0.29) is 5.82 Å². The van der Waals surface area contributed by atoms with Crippen LogP contribution in [0.15, 0.2) is 72.8 Å². The number of ether oxygens (including phenoxy) is 1. The lowest BCUT2D eigenvalue weighted by Gasteiger charge is -2.10. The molecule has 4 rings (SSSR count). The minimum Gasteiger partial charge on any atom is -0.489 e. The fraction of sp³-hybridized carbons (Fsp3) is 0.125. The van der Waals surface area contributed by atoms with Crippen molar-refractivity contribution in [2.24, 2.45) is 0 Å². The third-order valence-electron chi connectivity index (χ3n) is 4.69. The number of hydrogen-bond donors (Lipinski definition) is 1. The average Bonchev–Trinajstić information content (AvgIpc) is 3.10. The van der Waals surface area contributed by atoms with Gasteiger partial charge in [0.25, 0.3) is 0 Å². The molecule has 0 unspecified atom stereocenters. The van der Waals surface area contributed by atoms with E-state index in [1.807, 2.05) is 56.3 Å². The first-order chi connectivity index (χ1) is 13.6. The molecule has 0 bridgehead atoms. The Hall–Kier alpha value is -3.40. The van der Waals surface area contributed by atoms with Gasteiger partial charge in [-0.1, -0.05) is 30.3 Å². The number of aryl methyl sites for hydroxylation is 2. The third-order valence-corrected chi connectivity index (χ3v) is 4.69. The summed E-state index contributed by atoms with van der Waals surface area (Å²) in [5, 5.41) is 0. The largest absolute Gasteiger partial charge is 0.489 e. The SMILES string of the molecule is Cc1cc(-c2nc(-c3ccc(F)cc3)[nH]c2C)ccc1OCc1ccccc1. The number of imidazole rings is 1. The molecule has 1 N–H and O–H groups in total. The van der Waals surface area contributed by atoms with Gasteiger partial charge >= 0.3 is 0 Å². The van der Waals surface area contributed by atoms with E-state index in [4.69, 9.17) is 9.72 Å². The number of hydrogen-bond acceptors (Lipinski definition) is 2. The van der Waals surface area contributed by atoms with Crippen molar-refractivity contribution in [3.63, 3.8) is 0 Å². The maximum absolute atomic E-state index is 13.2. The van der Waals surface area contributed by atoms with E-state index in [1.54, 1.807) is 12.1 Å². The second-order valence-corrected chi connectivity index (χ2v) is 6.82. The number of nitrogens with zero attached hydrogens (tertiary/aromatic N) is 1. The predicted molar refractivity (Wildman–Crippen MR) is 110 cm³/mol. The van der Waals surface area contributed by atoms with Crippen LogP contribution in [0.5, 0.6) is 5.75 Å². The van der Waals surface area contributed by atoms with Crippen molar-refractivity contribution in [1.82, 2.24) is 9.97 Å². The van der Waals surface area contributed by atoms with E-state index in [1.165, 1.54) is 12.1 Å². The zero-order valence-electron chi connectivity index (χ0n) is 15.9. The maximum atomic E-state index is 13.2. The molecule has 3 aromatic carbocycles. The van der Waals surface area contributed by atoms with Crippen molar-refractivity contribution in [2.75, 3.05) is 0 Å². The fourth-order valence-electron chi connectivity index (χ4n) is 3.18. The minimum atomic E-state index is -0.256. The molecule has 4 aromatic rings. The molecule has 0 saturated carbocycles. The van der Waals surface area contributed by atoms with Crippen LogP contribution in [-0.2, 0) is 6.61 Å². The molecule has 0 atom stereocenters. The van der Waals surface area contributed by atoms with Gasteiger partial charge in [0.2, 0.25) is 0 Å². The predicted octanol–water partition coefficient (Wildman–Crippen LogP) is 6.08. The van der Waals surface area contributed by atoms with Crippen molar-refractivity contribution in [2.45, 2.75) is 20.5 Å². The van der Waals surface area contributed by atoms with Crippen molar-refractivity contribution in [3.8, 4) is 28.4 Å². The van der Waals surface area contributed by atoms with Crippen LogP contribution in [0.25, 0.3) is 22.6 Å². The topological polar surface area (TPSA) is 37.9 Å². The van der Waals surface area contributed by atoms with E-state index in [9.17, 15) is 4.39 Å². The van der Waals surface area contributed by atoms with Crippen LogP contribution in [0.3, 0.4) is 0 Å². The molecule has 28 heavy (non-hydrogen) atoms. The highest BCUT2D eigenvalue weighted by Gasteiger charge is 2.12. The van der Waals surface area contributed by atoms with Gasteiger partial charge in [0.05, 0.1) is 5.69 Å². The number of H-pyrrole nitrogens is 1. The molecular weight excluding hydrogens is 351 g/mol. The third kappa shape index (κ3) is 3.81. The van der Waals surface area contributed by atoms with Crippen LogP contribution in [0.2, 0.25) is 0 Å². The Morgan fingerprint density at radius 2 is 1.61 bits per heavy atom. The number of aromatic amines is 1. The maximum Gasteiger partial charge on any atom is 0.138 e. The van der Waals surface area contributed by atoms with Crippen molar-refractivity contribution in [1.29, 1.82) is 0 Å². The second kappa shape index (κ2) is 7.69. The lowest BCUT2D eigenvalue weighted by molar-refractivity contribution is 0.304. The lowest BCUT2D eigenvalue weighted by Crippen LogP contribution is -1.97. The molecule has 4 heteroatoms. The van der Waals surface area contributed by atoms with E-state index < -0.39 is 0 Å². The van der Waals surface area contributed by atoms with Crippen molar-refractivity contribution >= 4 is 0 Å². The highest BCUT2D eigenvalue weighted by Crippen LogP contribution is 2.29. The van der Waals surface area contributed by atoms with E-state index >= 15 is 0 Å². The molecule has 0 aliphatic heterocycles. The summed E-state index contributed by atoms with van der Waals surface area (Å²) >= 11 is 0. The van der Waals surface area contributed by atoms with Gasteiger partial charge < -0.3 is 9.72 Å². The molecule has 0 radical (unpaired) electrons. The van der Waals surface area contributed by atoms with Crippen LogP contribution in [0, 0.1) is 19.7 Å². The standard InChI is InChI=1S/C24H21FN2O/c1-16-14-20(10-13-22(16)28-15-18-6-4-3-5-7-18)23-17(2)26-24(27-23)19-8-11-21(25)12-9-19/h3-14H,15H2,1-2H3,(H,26,27). The summed E-state index contributed by atoms with van der Waals surface area (Å²) in [5.41, 5.74) is 5.92. The second-order valence-electron chi connectivity index (χ2n) is 6.82. The summed E-state index contributed by atoms with van der Waals surface area (Å²) in [6, 6.07) is 22.5. The smallest absolute Gasteiger partial charge is 0.138 e. The van der Waals surface area contributed by atoms with Crippen LogP contribution < -0.4 is 4.74 Å². The Labute approximate surface area is 163 Å². The Kier molecular flexibility index (Phi) is 4.94. The summed E-state index contributed by atoms with van der Waals surface area (Å²) in [6.45, 7) is 4.56. The summed E-state index contributed by atoms with van der Waals surface area (Å²) in [5.74, 6) is 1.34. The van der Waals surface area contributed by atoms with Gasteiger partial charge in [0.1, 0.15) is 24.0 Å². The van der Waals surface area contributed by atoms with Gasteiger partial charge in [0.15, 0.2) is 0 Å². The monoisotopic (exact) mass is 372 g/mol. The molecule has 0 spiro atoms. The normalized spacial score (nSPS) is 10.8. The molecule has 0 fully saturated rings. The minimum absolute atomic E-state index is 0.256. The summed E-state index contributed by atoms with van der Waals surface area (Å²) in [4.78, 5) is 8.02. The first-order valence-corrected chi connectivity index (χ1v) is 9.20. The first kappa shape index (κ1) is 18.0. The lowest BCUT2D eigenvalue weighted by atomic mass is 10.1. The van der Waals surface area contributed by atoms with Gasteiger partial charge in [-0.2, -0.15) is 0 Å². The molecular formula is C24H21FN2O. The number of rotatable bonds is 5. The van der Waals surface area contributed by atoms with E-state index in [0.29, 0.717) is 6.61 Å². The molecule has 0 amide bonds. The highest BCUT2D eigenvalue weighted by molar-refractivity contribution is 5.68. The van der Waals surface area contributed by atoms with Crippen LogP contribution in [0.1, 0.15) is 16.8 Å². The van der Waals surface area contributed by atoms with Gasteiger partial charge in [-0.05, 0) is 67.4 Å². The Balaban J connectivity index is 1.56. The van der Waals surface area contributed by atoms with Gasteiger partial charge in [0, 0.05) is 16.8 Å². The molecule has 0 aliphatic carbocycles. The molecule has 1 aromatic heterocycles. The summed E-state index contributed by atoms with van der Waals surface area (Å²) in [6.07, 6.45) is 0. The van der Waals surface area contributed by atoms with Gasteiger partial charge in [-0.25, -0.2) is 9.37 Å². The number of nitrogens with one attached hydrogen (secondary N) is 1. The Morgan fingerprint density at radius 1 is 0.893 bits per heavy atom. The van der Waals surface area contributed by atoms with Gasteiger partial charge in [-0.15, -0.1) is 0 Å². The molecule has 0 saturated heterocycles.